The Kier molecular flexibility index (Phi) is 3.13. The molecule has 0 spiro atoms. The van der Waals surface area contributed by atoms with Gasteiger partial charge in [0.25, 0.3) is 0 Å². The van der Waals surface area contributed by atoms with Crippen molar-refractivity contribution in [3.63, 3.8) is 0 Å². The molecule has 0 aliphatic carbocycles. The normalized spacial score (nSPS) is 19.9. The first kappa shape index (κ1) is 11.4. The third-order valence-electron chi connectivity index (χ3n) is 3.21. The third kappa shape index (κ3) is 2.17. The summed E-state index contributed by atoms with van der Waals surface area (Å²) in [5.74, 6) is 0.961. The van der Waals surface area contributed by atoms with E-state index in [1.165, 1.54) is 11.3 Å². The highest BCUT2D eigenvalue weighted by Gasteiger charge is 2.19. The van der Waals surface area contributed by atoms with Crippen molar-refractivity contribution in [2.24, 2.45) is 0 Å². The molecule has 2 aromatic heterocycles. The number of nitrogens with one attached hydrogen (secondary N) is 1. The van der Waals surface area contributed by atoms with E-state index in [4.69, 9.17) is 4.74 Å². The summed E-state index contributed by atoms with van der Waals surface area (Å²) < 4.78 is 7.65. The minimum absolute atomic E-state index is 0.246. The first-order valence-corrected chi connectivity index (χ1v) is 6.26. The van der Waals surface area contributed by atoms with E-state index in [9.17, 15) is 0 Å². The van der Waals surface area contributed by atoms with Crippen molar-refractivity contribution in [1.29, 1.82) is 0 Å². The Hall–Kier alpha value is -1.65. The highest BCUT2D eigenvalue weighted by atomic mass is 16.5. The number of morpholine rings is 1. The van der Waals surface area contributed by atoms with Crippen molar-refractivity contribution in [2.45, 2.75) is 13.0 Å². The van der Waals surface area contributed by atoms with E-state index in [1.807, 2.05) is 18.5 Å². The average molecular weight is 243 g/mol. The fourth-order valence-electron chi connectivity index (χ4n) is 2.29. The maximum atomic E-state index is 5.52. The lowest BCUT2D eigenvalue weighted by molar-refractivity contribution is 0.0751. The zero-order valence-electron chi connectivity index (χ0n) is 10.5. The molecule has 1 N–H and O–H groups in total. The second-order valence-corrected chi connectivity index (χ2v) is 4.58. The highest BCUT2D eigenvalue weighted by Crippen LogP contribution is 2.20. The predicted octanol–water partition coefficient (Wildman–Crippen LogP) is 1.84. The first-order chi connectivity index (χ1) is 8.84. The molecule has 1 saturated heterocycles. The molecule has 0 saturated carbocycles. The molecule has 0 unspecified atom stereocenters. The molecule has 4 nitrogen and oxygen atoms in total. The summed E-state index contributed by atoms with van der Waals surface area (Å²) in [6, 6.07) is 8.52. The molecule has 1 aliphatic rings. The van der Waals surface area contributed by atoms with Crippen LogP contribution >= 0.6 is 0 Å². The monoisotopic (exact) mass is 243 g/mol. The number of pyridine rings is 1. The van der Waals surface area contributed by atoms with Gasteiger partial charge in [0.15, 0.2) is 0 Å². The fraction of sp³-hybridized carbons (Fsp3) is 0.357. The Labute approximate surface area is 107 Å². The summed E-state index contributed by atoms with van der Waals surface area (Å²) in [5.41, 5.74) is 2.42. The quantitative estimate of drug-likeness (QED) is 0.874. The first-order valence-electron chi connectivity index (χ1n) is 6.26. The summed E-state index contributed by atoms with van der Waals surface area (Å²) in [7, 11) is 0. The Balaban J connectivity index is 1.95. The van der Waals surface area contributed by atoms with Crippen molar-refractivity contribution in [3.8, 4) is 5.82 Å². The van der Waals surface area contributed by atoms with Crippen LogP contribution in [0.1, 0.15) is 17.3 Å². The summed E-state index contributed by atoms with van der Waals surface area (Å²) in [5, 5.41) is 3.47. The lowest BCUT2D eigenvalue weighted by Crippen LogP contribution is -2.35. The van der Waals surface area contributed by atoms with Gasteiger partial charge in [0.2, 0.25) is 0 Å². The van der Waals surface area contributed by atoms with Crippen LogP contribution in [0.4, 0.5) is 0 Å². The van der Waals surface area contributed by atoms with E-state index < -0.39 is 0 Å². The molecular formula is C14H17N3O. The predicted molar refractivity (Wildman–Crippen MR) is 69.9 cm³/mol. The van der Waals surface area contributed by atoms with Crippen LogP contribution in [0.25, 0.3) is 5.82 Å². The molecule has 3 rings (SSSR count). The zero-order chi connectivity index (χ0) is 12.4. The highest BCUT2D eigenvalue weighted by molar-refractivity contribution is 5.32. The number of nitrogens with zero attached hydrogens (tertiary/aromatic N) is 2. The second kappa shape index (κ2) is 4.92. The van der Waals surface area contributed by atoms with E-state index in [-0.39, 0.29) is 6.04 Å². The number of aromatic nitrogens is 2. The van der Waals surface area contributed by atoms with Crippen LogP contribution < -0.4 is 5.32 Å². The average Bonchev–Trinajstić information content (AvgIpc) is 2.89. The van der Waals surface area contributed by atoms with Gasteiger partial charge < -0.3 is 14.6 Å². The largest absolute Gasteiger partial charge is 0.378 e. The van der Waals surface area contributed by atoms with E-state index >= 15 is 0 Å². The van der Waals surface area contributed by atoms with E-state index in [1.54, 1.807) is 0 Å². The van der Waals surface area contributed by atoms with E-state index in [2.05, 4.69) is 40.0 Å². The van der Waals surface area contributed by atoms with Crippen LogP contribution in [0.5, 0.6) is 0 Å². The van der Waals surface area contributed by atoms with Gasteiger partial charge in [0.1, 0.15) is 5.82 Å². The van der Waals surface area contributed by atoms with Gasteiger partial charge in [0.05, 0.1) is 19.3 Å². The number of aryl methyl sites for hydroxylation is 1. The van der Waals surface area contributed by atoms with Gasteiger partial charge in [0, 0.05) is 24.6 Å². The van der Waals surface area contributed by atoms with E-state index in [0.717, 1.165) is 25.6 Å². The second-order valence-electron chi connectivity index (χ2n) is 4.58. The van der Waals surface area contributed by atoms with Gasteiger partial charge in [-0.3, -0.25) is 0 Å². The van der Waals surface area contributed by atoms with Crippen LogP contribution in [0.3, 0.4) is 0 Å². The summed E-state index contributed by atoms with van der Waals surface area (Å²) in [4.78, 5) is 4.43. The molecule has 3 heterocycles. The minimum Gasteiger partial charge on any atom is -0.378 e. The van der Waals surface area contributed by atoms with Gasteiger partial charge in [-0.05, 0) is 36.8 Å². The van der Waals surface area contributed by atoms with Crippen molar-refractivity contribution < 1.29 is 4.74 Å². The van der Waals surface area contributed by atoms with Gasteiger partial charge in [-0.2, -0.15) is 0 Å². The van der Waals surface area contributed by atoms with Gasteiger partial charge >= 0.3 is 0 Å². The SMILES string of the molecule is Cc1ccnc(-n2cccc2[C@H]2COCCN2)c1. The smallest absolute Gasteiger partial charge is 0.137 e. The minimum atomic E-state index is 0.246. The van der Waals surface area contributed by atoms with Crippen molar-refractivity contribution in [2.75, 3.05) is 19.8 Å². The lowest BCUT2D eigenvalue weighted by Gasteiger charge is -2.25. The summed E-state index contributed by atoms with van der Waals surface area (Å²) >= 11 is 0. The molecular weight excluding hydrogens is 226 g/mol. The molecule has 18 heavy (non-hydrogen) atoms. The maximum Gasteiger partial charge on any atom is 0.137 e. The molecule has 94 valence electrons. The number of hydrogen-bond acceptors (Lipinski definition) is 3. The molecule has 0 bridgehead atoms. The zero-order valence-corrected chi connectivity index (χ0v) is 10.5. The van der Waals surface area contributed by atoms with Crippen LogP contribution in [0, 0.1) is 6.92 Å². The molecule has 0 amide bonds. The van der Waals surface area contributed by atoms with Crippen molar-refractivity contribution >= 4 is 0 Å². The Morgan fingerprint density at radius 1 is 1.44 bits per heavy atom. The van der Waals surface area contributed by atoms with Gasteiger partial charge in [-0.1, -0.05) is 0 Å². The summed E-state index contributed by atoms with van der Waals surface area (Å²) in [6.07, 6.45) is 3.90. The van der Waals surface area contributed by atoms with Crippen molar-refractivity contribution in [3.05, 3.63) is 47.9 Å². The lowest BCUT2D eigenvalue weighted by atomic mass is 10.2. The molecule has 2 aromatic rings. The fourth-order valence-corrected chi connectivity index (χ4v) is 2.29. The number of ether oxygens (including phenoxy) is 1. The number of hydrogen-bond donors (Lipinski definition) is 1. The number of rotatable bonds is 2. The Morgan fingerprint density at radius 2 is 2.39 bits per heavy atom. The molecule has 1 fully saturated rings. The molecule has 1 aliphatic heterocycles. The van der Waals surface area contributed by atoms with Crippen LogP contribution in [0.2, 0.25) is 0 Å². The maximum absolute atomic E-state index is 5.52. The van der Waals surface area contributed by atoms with Crippen LogP contribution in [-0.4, -0.2) is 29.3 Å². The van der Waals surface area contributed by atoms with Gasteiger partial charge in [-0.15, -0.1) is 0 Å². The molecule has 0 aromatic carbocycles. The summed E-state index contributed by atoms with van der Waals surface area (Å²) in [6.45, 7) is 4.49. The molecule has 4 heteroatoms. The van der Waals surface area contributed by atoms with Crippen LogP contribution in [0.15, 0.2) is 36.7 Å². The Bertz CT molecular complexity index is 529. The van der Waals surface area contributed by atoms with E-state index in [0.29, 0.717) is 0 Å². The molecule has 0 radical (unpaired) electrons. The topological polar surface area (TPSA) is 39.1 Å². The van der Waals surface area contributed by atoms with Crippen LogP contribution in [-0.2, 0) is 4.74 Å². The van der Waals surface area contributed by atoms with Gasteiger partial charge in [-0.25, -0.2) is 4.98 Å². The molecule has 1 atom stereocenters. The van der Waals surface area contributed by atoms with Crippen molar-refractivity contribution in [1.82, 2.24) is 14.9 Å². The Morgan fingerprint density at radius 3 is 3.17 bits per heavy atom. The standard InChI is InChI=1S/C14H17N3O/c1-11-4-5-16-14(9-11)17-7-2-3-13(17)12-10-18-8-6-15-12/h2-5,7,9,12,15H,6,8,10H2,1H3/t12-/m1/s1. The third-order valence-corrected chi connectivity index (χ3v) is 3.21.